The lowest BCUT2D eigenvalue weighted by molar-refractivity contribution is 0.415. The molecule has 1 aliphatic heterocycles. The van der Waals surface area contributed by atoms with Crippen LogP contribution in [-0.4, -0.2) is 28.8 Å². The molecule has 5 nitrogen and oxygen atoms in total. The summed E-state index contributed by atoms with van der Waals surface area (Å²) in [5, 5.41) is 4.78. The molecule has 5 heteroatoms. The van der Waals surface area contributed by atoms with Crippen molar-refractivity contribution in [3.8, 4) is 5.75 Å². The highest BCUT2D eigenvalue weighted by atomic mass is 16.5. The zero-order valence-corrected chi connectivity index (χ0v) is 18.0. The molecule has 0 spiro atoms. The minimum atomic E-state index is 0.0141. The molecule has 31 heavy (non-hydrogen) atoms. The van der Waals surface area contributed by atoms with E-state index in [9.17, 15) is 0 Å². The van der Waals surface area contributed by atoms with Gasteiger partial charge in [-0.2, -0.15) is 0 Å². The van der Waals surface area contributed by atoms with E-state index in [-0.39, 0.29) is 6.04 Å². The summed E-state index contributed by atoms with van der Waals surface area (Å²) in [6.07, 6.45) is 2.98. The standard InChI is InChI=1S/C26H26N4O/c1-16-12-17(2)27-22(16)14-25-24(28-19-8-10-20(31-3)11-9-19)15-26(30-25)23-13-18-6-4-5-7-21(18)29-23/h4-13,15,25,27-29H,14H2,1-3H3. The molecule has 3 N–H and O–H groups in total. The third-order valence-corrected chi connectivity index (χ3v) is 5.79. The summed E-state index contributed by atoms with van der Waals surface area (Å²) in [7, 11) is 1.68. The first kappa shape index (κ1) is 19.2. The minimum Gasteiger partial charge on any atom is -0.497 e. The number of methoxy groups -OCH3 is 1. The van der Waals surface area contributed by atoms with E-state index in [1.807, 2.05) is 30.3 Å². The van der Waals surface area contributed by atoms with Gasteiger partial charge in [0.05, 0.1) is 24.6 Å². The average molecular weight is 411 g/mol. The Morgan fingerprint density at radius 1 is 1.00 bits per heavy atom. The second-order valence-electron chi connectivity index (χ2n) is 8.07. The Bertz CT molecular complexity index is 1260. The molecule has 0 bridgehead atoms. The Kier molecular flexibility index (Phi) is 4.86. The number of aryl methyl sites for hydroxylation is 2. The Balaban J connectivity index is 1.48. The molecule has 1 unspecified atom stereocenters. The number of aromatic amines is 2. The molecule has 0 saturated heterocycles. The molecule has 1 atom stereocenters. The maximum absolute atomic E-state index is 5.29. The number of ether oxygens (including phenoxy) is 1. The van der Waals surface area contributed by atoms with Crippen LogP contribution in [0.15, 0.2) is 77.4 Å². The van der Waals surface area contributed by atoms with Gasteiger partial charge in [0.25, 0.3) is 0 Å². The van der Waals surface area contributed by atoms with E-state index in [0.29, 0.717) is 0 Å². The molecule has 0 aliphatic carbocycles. The fourth-order valence-corrected chi connectivity index (χ4v) is 4.18. The first-order valence-corrected chi connectivity index (χ1v) is 10.5. The smallest absolute Gasteiger partial charge is 0.119 e. The van der Waals surface area contributed by atoms with Crippen LogP contribution in [0.5, 0.6) is 5.75 Å². The van der Waals surface area contributed by atoms with Crippen molar-refractivity contribution in [3.63, 3.8) is 0 Å². The molecule has 0 radical (unpaired) electrons. The van der Waals surface area contributed by atoms with E-state index >= 15 is 0 Å². The first-order chi connectivity index (χ1) is 15.1. The number of aliphatic imine (C=N–C) groups is 1. The van der Waals surface area contributed by atoms with Gasteiger partial charge in [-0.15, -0.1) is 0 Å². The number of anilines is 1. The van der Waals surface area contributed by atoms with Gasteiger partial charge in [-0.05, 0) is 68.0 Å². The van der Waals surface area contributed by atoms with Gasteiger partial charge in [0.15, 0.2) is 0 Å². The summed E-state index contributed by atoms with van der Waals surface area (Å²) in [4.78, 5) is 12.1. The maximum atomic E-state index is 5.29. The van der Waals surface area contributed by atoms with Gasteiger partial charge in [-0.3, -0.25) is 4.99 Å². The van der Waals surface area contributed by atoms with Gasteiger partial charge < -0.3 is 20.0 Å². The number of aromatic nitrogens is 2. The average Bonchev–Trinajstić information content (AvgIpc) is 3.46. The second-order valence-corrected chi connectivity index (χ2v) is 8.07. The minimum absolute atomic E-state index is 0.0141. The fraction of sp³-hybridized carbons (Fsp3) is 0.192. The predicted octanol–water partition coefficient (Wildman–Crippen LogP) is 5.53. The van der Waals surface area contributed by atoms with Gasteiger partial charge >= 0.3 is 0 Å². The number of hydrogen-bond donors (Lipinski definition) is 3. The number of allylic oxidation sites excluding steroid dienone is 1. The number of fused-ring (bicyclic) bond motifs is 1. The summed E-state index contributed by atoms with van der Waals surface area (Å²) in [5.74, 6) is 0.843. The highest BCUT2D eigenvalue weighted by Crippen LogP contribution is 2.27. The van der Waals surface area contributed by atoms with Crippen LogP contribution >= 0.6 is 0 Å². The number of para-hydroxylation sites is 1. The lowest BCUT2D eigenvalue weighted by Crippen LogP contribution is -2.16. The summed E-state index contributed by atoms with van der Waals surface area (Å²) >= 11 is 0. The zero-order valence-electron chi connectivity index (χ0n) is 18.0. The Morgan fingerprint density at radius 2 is 1.81 bits per heavy atom. The maximum Gasteiger partial charge on any atom is 0.119 e. The quantitative estimate of drug-likeness (QED) is 0.391. The van der Waals surface area contributed by atoms with Crippen LogP contribution in [-0.2, 0) is 6.42 Å². The van der Waals surface area contributed by atoms with E-state index in [4.69, 9.17) is 9.73 Å². The third-order valence-electron chi connectivity index (χ3n) is 5.79. The molecule has 1 aliphatic rings. The van der Waals surface area contributed by atoms with Gasteiger partial charge in [0.2, 0.25) is 0 Å². The van der Waals surface area contributed by atoms with Gasteiger partial charge in [-0.1, -0.05) is 18.2 Å². The van der Waals surface area contributed by atoms with Crippen LogP contribution in [0.1, 0.15) is 22.6 Å². The van der Waals surface area contributed by atoms with E-state index in [1.54, 1.807) is 7.11 Å². The monoisotopic (exact) mass is 410 g/mol. The van der Waals surface area contributed by atoms with Crippen molar-refractivity contribution in [3.05, 3.63) is 95.1 Å². The predicted molar refractivity (Wildman–Crippen MR) is 127 cm³/mol. The van der Waals surface area contributed by atoms with Crippen molar-refractivity contribution < 1.29 is 4.74 Å². The molecule has 2 aromatic heterocycles. The van der Waals surface area contributed by atoms with Crippen molar-refractivity contribution in [2.24, 2.45) is 4.99 Å². The number of H-pyrrole nitrogens is 2. The number of hydrogen-bond acceptors (Lipinski definition) is 3. The van der Waals surface area contributed by atoms with Crippen LogP contribution in [0.3, 0.4) is 0 Å². The third kappa shape index (κ3) is 3.87. The number of nitrogens with zero attached hydrogens (tertiary/aromatic N) is 1. The van der Waals surface area contributed by atoms with E-state index in [1.165, 1.54) is 22.3 Å². The van der Waals surface area contributed by atoms with Crippen molar-refractivity contribution in [2.45, 2.75) is 26.3 Å². The summed E-state index contributed by atoms with van der Waals surface area (Å²) in [6, 6.07) is 20.7. The lowest BCUT2D eigenvalue weighted by Gasteiger charge is -2.15. The van der Waals surface area contributed by atoms with Crippen LogP contribution < -0.4 is 10.1 Å². The summed E-state index contributed by atoms with van der Waals surface area (Å²) < 4.78 is 5.29. The fourth-order valence-electron chi connectivity index (χ4n) is 4.18. The van der Waals surface area contributed by atoms with Gasteiger partial charge in [0, 0.05) is 40.1 Å². The molecule has 0 saturated carbocycles. The molecule has 156 valence electrons. The molecular weight excluding hydrogens is 384 g/mol. The van der Waals surface area contributed by atoms with Crippen LogP contribution in [0.25, 0.3) is 10.9 Å². The van der Waals surface area contributed by atoms with Crippen molar-refractivity contribution in [1.29, 1.82) is 0 Å². The van der Waals surface area contributed by atoms with Crippen molar-refractivity contribution in [2.75, 3.05) is 12.4 Å². The largest absolute Gasteiger partial charge is 0.497 e. The highest BCUT2D eigenvalue weighted by molar-refractivity contribution is 6.12. The molecule has 0 amide bonds. The number of benzene rings is 2. The highest BCUT2D eigenvalue weighted by Gasteiger charge is 2.24. The van der Waals surface area contributed by atoms with Gasteiger partial charge in [-0.25, -0.2) is 0 Å². The van der Waals surface area contributed by atoms with Crippen molar-refractivity contribution in [1.82, 2.24) is 9.97 Å². The summed E-state index contributed by atoms with van der Waals surface area (Å²) in [6.45, 7) is 4.24. The summed E-state index contributed by atoms with van der Waals surface area (Å²) in [5.41, 5.74) is 8.92. The lowest BCUT2D eigenvalue weighted by atomic mass is 10.1. The van der Waals surface area contributed by atoms with E-state index < -0.39 is 0 Å². The van der Waals surface area contributed by atoms with E-state index in [0.717, 1.165) is 40.5 Å². The molecule has 2 aromatic carbocycles. The topological polar surface area (TPSA) is 65.2 Å². The Morgan fingerprint density at radius 3 is 2.52 bits per heavy atom. The second kappa shape index (κ2) is 7.84. The SMILES string of the molecule is COc1ccc(NC2=CC(c3cc4ccccc4[nH]3)=NC2Cc2[nH]c(C)cc2C)cc1. The molecule has 0 fully saturated rings. The van der Waals surface area contributed by atoms with Crippen LogP contribution in [0.2, 0.25) is 0 Å². The molecular formula is C26H26N4O. The molecule has 5 rings (SSSR count). The molecule has 4 aromatic rings. The van der Waals surface area contributed by atoms with Crippen LogP contribution in [0, 0.1) is 13.8 Å². The van der Waals surface area contributed by atoms with Crippen LogP contribution in [0.4, 0.5) is 5.69 Å². The molecule has 3 heterocycles. The normalized spacial score (nSPS) is 15.8. The van der Waals surface area contributed by atoms with Crippen molar-refractivity contribution >= 4 is 22.3 Å². The van der Waals surface area contributed by atoms with Gasteiger partial charge in [0.1, 0.15) is 5.75 Å². The Labute approximate surface area is 181 Å². The Hall–Kier alpha value is -3.73. The number of nitrogens with one attached hydrogen (secondary N) is 3. The number of rotatable bonds is 6. The van der Waals surface area contributed by atoms with E-state index in [2.05, 4.69) is 65.5 Å². The first-order valence-electron chi connectivity index (χ1n) is 10.5. The zero-order chi connectivity index (χ0) is 21.4.